The SMILES string of the molecule is Cc1ccc(C(=Nc2ccccc2)NNC(=O)Nc2ccccc2)cc1. The summed E-state index contributed by atoms with van der Waals surface area (Å²) in [6, 6.07) is 26.4. The molecule has 0 spiro atoms. The highest BCUT2D eigenvalue weighted by Crippen LogP contribution is 2.13. The quantitative estimate of drug-likeness (QED) is 0.374. The molecule has 5 heteroatoms. The van der Waals surface area contributed by atoms with E-state index in [1.54, 1.807) is 0 Å². The molecule has 3 aromatic rings. The van der Waals surface area contributed by atoms with Gasteiger partial charge in [-0.2, -0.15) is 0 Å². The molecule has 0 radical (unpaired) electrons. The molecular formula is C21H20N4O. The summed E-state index contributed by atoms with van der Waals surface area (Å²) in [5.41, 5.74) is 9.08. The summed E-state index contributed by atoms with van der Waals surface area (Å²) in [7, 11) is 0. The average Bonchev–Trinajstić information content (AvgIpc) is 2.67. The molecule has 0 aliphatic carbocycles. The highest BCUT2D eigenvalue weighted by Gasteiger charge is 2.06. The smallest absolute Gasteiger partial charge is 0.307 e. The Bertz CT molecular complexity index is 875. The molecule has 3 N–H and O–H groups in total. The lowest BCUT2D eigenvalue weighted by atomic mass is 10.1. The second-order valence-corrected chi connectivity index (χ2v) is 5.73. The largest absolute Gasteiger partial charge is 0.337 e. The Morgan fingerprint density at radius 2 is 1.38 bits per heavy atom. The van der Waals surface area contributed by atoms with Crippen LogP contribution in [0.4, 0.5) is 16.2 Å². The zero-order valence-corrected chi connectivity index (χ0v) is 14.4. The molecule has 0 fully saturated rings. The van der Waals surface area contributed by atoms with E-state index < -0.39 is 0 Å². The van der Waals surface area contributed by atoms with Gasteiger partial charge in [0.15, 0.2) is 5.84 Å². The number of para-hydroxylation sites is 2. The summed E-state index contributed by atoms with van der Waals surface area (Å²) in [6.07, 6.45) is 0. The summed E-state index contributed by atoms with van der Waals surface area (Å²) in [6.45, 7) is 2.02. The molecule has 0 saturated heterocycles. The number of carbonyl (C=O) groups excluding carboxylic acids is 1. The van der Waals surface area contributed by atoms with Gasteiger partial charge in [0.2, 0.25) is 0 Å². The second kappa shape index (κ2) is 8.48. The number of rotatable bonds is 3. The van der Waals surface area contributed by atoms with Crippen LogP contribution in [0.2, 0.25) is 0 Å². The van der Waals surface area contributed by atoms with Crippen LogP contribution in [-0.4, -0.2) is 11.9 Å². The number of carbonyl (C=O) groups is 1. The van der Waals surface area contributed by atoms with E-state index in [4.69, 9.17) is 0 Å². The number of benzene rings is 3. The normalized spacial score (nSPS) is 10.9. The third kappa shape index (κ3) is 4.95. The van der Waals surface area contributed by atoms with Crippen LogP contribution in [0.15, 0.2) is 89.9 Å². The minimum Gasteiger partial charge on any atom is -0.307 e. The van der Waals surface area contributed by atoms with Crippen LogP contribution in [0.25, 0.3) is 0 Å². The number of amidine groups is 1. The Balaban J connectivity index is 1.74. The third-order valence-corrected chi connectivity index (χ3v) is 3.65. The second-order valence-electron chi connectivity index (χ2n) is 5.73. The molecule has 0 aromatic heterocycles. The molecule has 5 nitrogen and oxygen atoms in total. The summed E-state index contributed by atoms with van der Waals surface area (Å²) in [4.78, 5) is 16.7. The maximum Gasteiger partial charge on any atom is 0.337 e. The minimum atomic E-state index is -0.371. The fourth-order valence-corrected chi connectivity index (χ4v) is 2.31. The van der Waals surface area contributed by atoms with Gasteiger partial charge in [-0.1, -0.05) is 66.2 Å². The van der Waals surface area contributed by atoms with Crippen molar-refractivity contribution in [3.05, 3.63) is 96.1 Å². The lowest BCUT2D eigenvalue weighted by Crippen LogP contribution is -2.44. The third-order valence-electron chi connectivity index (χ3n) is 3.65. The fourth-order valence-electron chi connectivity index (χ4n) is 2.31. The number of anilines is 1. The van der Waals surface area contributed by atoms with Crippen LogP contribution in [0, 0.1) is 6.92 Å². The highest BCUT2D eigenvalue weighted by molar-refractivity contribution is 6.01. The van der Waals surface area contributed by atoms with Crippen LogP contribution < -0.4 is 16.2 Å². The molecule has 0 heterocycles. The van der Waals surface area contributed by atoms with Crippen LogP contribution in [0.1, 0.15) is 11.1 Å². The van der Waals surface area contributed by atoms with Gasteiger partial charge in [-0.3, -0.25) is 10.9 Å². The zero-order chi connectivity index (χ0) is 18.2. The van der Waals surface area contributed by atoms with Crippen molar-refractivity contribution >= 4 is 23.2 Å². The first kappa shape index (κ1) is 17.2. The Labute approximate surface area is 152 Å². The van der Waals surface area contributed by atoms with Crippen molar-refractivity contribution in [1.29, 1.82) is 0 Å². The predicted octanol–water partition coefficient (Wildman–Crippen LogP) is 4.40. The summed E-state index contributed by atoms with van der Waals surface area (Å²) >= 11 is 0. The first-order valence-corrected chi connectivity index (χ1v) is 8.29. The molecule has 130 valence electrons. The Morgan fingerprint density at radius 1 is 0.769 bits per heavy atom. The number of nitrogens with zero attached hydrogens (tertiary/aromatic N) is 1. The van der Waals surface area contributed by atoms with Gasteiger partial charge in [0.25, 0.3) is 0 Å². The Morgan fingerprint density at radius 3 is 2.04 bits per heavy atom. The van der Waals surface area contributed by atoms with E-state index in [1.807, 2.05) is 91.9 Å². The van der Waals surface area contributed by atoms with Crippen molar-refractivity contribution in [2.75, 3.05) is 5.32 Å². The van der Waals surface area contributed by atoms with Crippen molar-refractivity contribution < 1.29 is 4.79 Å². The summed E-state index contributed by atoms with van der Waals surface area (Å²) in [5.74, 6) is 0.555. The van der Waals surface area contributed by atoms with Gasteiger partial charge < -0.3 is 5.32 Å². The van der Waals surface area contributed by atoms with E-state index in [0.29, 0.717) is 11.5 Å². The first-order chi connectivity index (χ1) is 12.7. The lowest BCUT2D eigenvalue weighted by Gasteiger charge is -2.13. The number of amides is 2. The molecule has 0 unspecified atom stereocenters. The molecule has 0 aliphatic heterocycles. The van der Waals surface area contributed by atoms with Gasteiger partial charge in [0.1, 0.15) is 0 Å². The molecule has 3 rings (SSSR count). The molecule has 26 heavy (non-hydrogen) atoms. The summed E-state index contributed by atoms with van der Waals surface area (Å²) in [5, 5.41) is 2.75. The van der Waals surface area contributed by atoms with Gasteiger partial charge in [0.05, 0.1) is 5.69 Å². The number of urea groups is 1. The highest BCUT2D eigenvalue weighted by atomic mass is 16.2. The summed E-state index contributed by atoms with van der Waals surface area (Å²) < 4.78 is 0. The molecule has 0 saturated carbocycles. The number of nitrogens with one attached hydrogen (secondary N) is 3. The van der Waals surface area contributed by atoms with E-state index in [0.717, 1.165) is 16.8 Å². The molecule has 0 bridgehead atoms. The van der Waals surface area contributed by atoms with Gasteiger partial charge in [0, 0.05) is 11.3 Å². The Hall–Kier alpha value is -3.60. The standard InChI is InChI=1S/C21H20N4O/c1-16-12-14-17(15-13-16)20(22-18-8-4-2-5-9-18)24-25-21(26)23-19-10-6-3-7-11-19/h2-15H,1H3,(H,22,24)(H2,23,25,26). The molecule has 3 aromatic carbocycles. The van der Waals surface area contributed by atoms with Crippen molar-refractivity contribution in [3.8, 4) is 0 Å². The van der Waals surface area contributed by atoms with Crippen LogP contribution in [0.5, 0.6) is 0 Å². The van der Waals surface area contributed by atoms with Gasteiger partial charge >= 0.3 is 6.03 Å². The number of aryl methyl sites for hydroxylation is 1. The zero-order valence-electron chi connectivity index (χ0n) is 14.4. The van der Waals surface area contributed by atoms with Crippen LogP contribution in [-0.2, 0) is 0 Å². The van der Waals surface area contributed by atoms with E-state index >= 15 is 0 Å². The number of hydrazine groups is 1. The first-order valence-electron chi connectivity index (χ1n) is 8.29. The van der Waals surface area contributed by atoms with Crippen LogP contribution in [0.3, 0.4) is 0 Å². The molecule has 0 atom stereocenters. The number of hydrogen-bond donors (Lipinski definition) is 3. The topological polar surface area (TPSA) is 65.5 Å². The van der Waals surface area contributed by atoms with E-state index in [9.17, 15) is 4.79 Å². The monoisotopic (exact) mass is 344 g/mol. The molecular weight excluding hydrogens is 324 g/mol. The lowest BCUT2D eigenvalue weighted by molar-refractivity contribution is 0.250. The maximum atomic E-state index is 12.1. The van der Waals surface area contributed by atoms with Crippen molar-refractivity contribution in [1.82, 2.24) is 10.9 Å². The van der Waals surface area contributed by atoms with Crippen molar-refractivity contribution in [2.45, 2.75) is 6.92 Å². The predicted molar refractivity (Wildman–Crippen MR) is 106 cm³/mol. The number of hydrogen-bond acceptors (Lipinski definition) is 2. The number of aliphatic imine (C=N–C) groups is 1. The fraction of sp³-hybridized carbons (Fsp3) is 0.0476. The van der Waals surface area contributed by atoms with Crippen molar-refractivity contribution in [3.63, 3.8) is 0 Å². The van der Waals surface area contributed by atoms with Gasteiger partial charge in [-0.25, -0.2) is 9.79 Å². The van der Waals surface area contributed by atoms with E-state index in [2.05, 4.69) is 21.2 Å². The Kier molecular flexibility index (Phi) is 5.62. The van der Waals surface area contributed by atoms with Crippen molar-refractivity contribution in [2.24, 2.45) is 4.99 Å². The van der Waals surface area contributed by atoms with Gasteiger partial charge in [-0.05, 0) is 31.2 Å². The maximum absolute atomic E-state index is 12.1. The molecule has 2 amide bonds. The molecule has 0 aliphatic rings. The van der Waals surface area contributed by atoms with E-state index in [1.165, 1.54) is 0 Å². The van der Waals surface area contributed by atoms with Crippen LogP contribution >= 0.6 is 0 Å². The average molecular weight is 344 g/mol. The van der Waals surface area contributed by atoms with E-state index in [-0.39, 0.29) is 6.03 Å². The minimum absolute atomic E-state index is 0.371. The van der Waals surface area contributed by atoms with Gasteiger partial charge in [-0.15, -0.1) is 0 Å².